The summed E-state index contributed by atoms with van der Waals surface area (Å²) in [6.45, 7) is 24.8. The van der Waals surface area contributed by atoms with Crippen LogP contribution >= 0.6 is 0 Å². The van der Waals surface area contributed by atoms with Crippen LogP contribution in [0, 0.1) is 21.7 Å². The van der Waals surface area contributed by atoms with Crippen molar-refractivity contribution in [2.24, 2.45) is 21.7 Å². The first-order valence-electron chi connectivity index (χ1n) is 21.1. The van der Waals surface area contributed by atoms with E-state index in [0.29, 0.717) is 6.42 Å². The fourth-order valence-electron chi connectivity index (χ4n) is 8.13. The highest BCUT2D eigenvalue weighted by molar-refractivity contribution is 5.86. The summed E-state index contributed by atoms with van der Waals surface area (Å²) in [5.41, 5.74) is 12.7. The van der Waals surface area contributed by atoms with Crippen molar-refractivity contribution in [1.82, 2.24) is 25.3 Å². The number of fused-ring (bicyclic) bond motifs is 2. The first-order chi connectivity index (χ1) is 27.0. The highest BCUT2D eigenvalue weighted by Crippen LogP contribution is 2.40. The number of nitrogens with zero attached hydrogens (tertiary/aromatic N) is 2. The lowest BCUT2D eigenvalue weighted by Gasteiger charge is -2.32. The van der Waals surface area contributed by atoms with E-state index in [1.165, 1.54) is 44.5 Å². The van der Waals surface area contributed by atoms with E-state index in [1.807, 2.05) is 41.5 Å². The number of aromatic nitrogens is 4. The minimum Gasteiger partial charge on any atom is -0.345 e. The van der Waals surface area contributed by atoms with E-state index in [-0.39, 0.29) is 34.5 Å². The molecular formula is C51H63N5O2. The maximum absolute atomic E-state index is 13.2. The monoisotopic (exact) mass is 777 g/mol. The van der Waals surface area contributed by atoms with Crippen LogP contribution in [0.3, 0.4) is 0 Å². The van der Waals surface area contributed by atoms with Crippen molar-refractivity contribution in [3.63, 3.8) is 0 Å². The fraction of sp³-hybridized carbons (Fsp3) is 0.451. The molecular weight excluding hydrogens is 715 g/mol. The molecule has 4 aliphatic rings. The first kappa shape index (κ1) is 41.1. The molecule has 0 saturated heterocycles. The highest BCUT2D eigenvalue weighted by atomic mass is 16.2. The standard InChI is InChI=1S/C51H63N5O2/c1-48(2,3)38(29-43(57)49(4,5)6)45-52-39-23-21-34(27-41(39)54-45)36-25-30-13-17-32(36)18-14-31-16-20-33(19-15-30)37(26-31)35-22-24-40-42(28-35)55-46(53-40)44(50(7,8)9)56-47(58)51(10,11)12/h13,16-17,20-28,38,44H,14-15,18-19,29H2,1-12H3,(H,52,54)(H,53,55)(H,56,58)/t38-,44-/m1/s1. The molecule has 0 fully saturated rings. The van der Waals surface area contributed by atoms with Crippen LogP contribution in [0.2, 0.25) is 0 Å². The summed E-state index contributed by atoms with van der Waals surface area (Å²) in [5, 5.41) is 3.28. The van der Waals surface area contributed by atoms with E-state index >= 15 is 0 Å². The van der Waals surface area contributed by atoms with Crippen LogP contribution in [0.4, 0.5) is 0 Å². The van der Waals surface area contributed by atoms with Gasteiger partial charge in [0.25, 0.3) is 0 Å². The number of rotatable bonds is 7. The maximum atomic E-state index is 13.2. The predicted molar refractivity (Wildman–Crippen MR) is 239 cm³/mol. The molecule has 0 spiro atoms. The smallest absolute Gasteiger partial charge is 0.225 e. The van der Waals surface area contributed by atoms with Crippen molar-refractivity contribution in [3.8, 4) is 22.3 Å². The van der Waals surface area contributed by atoms with Gasteiger partial charge in [-0.2, -0.15) is 0 Å². The Hall–Kier alpha value is -5.04. The second-order valence-corrected chi connectivity index (χ2v) is 21.0. The lowest BCUT2D eigenvalue weighted by atomic mass is 9.74. The summed E-state index contributed by atoms with van der Waals surface area (Å²) in [5.74, 6) is 1.92. The van der Waals surface area contributed by atoms with Gasteiger partial charge >= 0.3 is 0 Å². The van der Waals surface area contributed by atoms with Crippen LogP contribution in [-0.2, 0) is 35.3 Å². The molecule has 4 aliphatic carbocycles. The minimum absolute atomic E-state index is 0.00800. The molecule has 4 bridgehead atoms. The Labute approximate surface area is 345 Å². The van der Waals surface area contributed by atoms with Gasteiger partial charge in [-0.05, 0) is 105 Å². The second-order valence-electron chi connectivity index (χ2n) is 21.0. The number of ketones is 1. The van der Waals surface area contributed by atoms with Gasteiger partial charge in [-0.15, -0.1) is 0 Å². The number of imidazole rings is 2. The molecule has 0 saturated carbocycles. The molecule has 10 rings (SSSR count). The molecule has 1 amide bonds. The summed E-state index contributed by atoms with van der Waals surface area (Å²) < 4.78 is 0. The third-order valence-electron chi connectivity index (χ3n) is 12.0. The largest absolute Gasteiger partial charge is 0.345 e. The number of hydrogen-bond acceptors (Lipinski definition) is 4. The number of H-pyrrole nitrogens is 2. The molecule has 0 aliphatic heterocycles. The van der Waals surface area contributed by atoms with Crippen LogP contribution in [0.1, 0.15) is 135 Å². The van der Waals surface area contributed by atoms with Gasteiger partial charge in [0.15, 0.2) is 0 Å². The average molecular weight is 778 g/mol. The molecule has 2 atom stereocenters. The molecule has 304 valence electrons. The van der Waals surface area contributed by atoms with Crippen LogP contribution in [0.15, 0.2) is 72.8 Å². The number of aryl methyl sites for hydroxylation is 4. The maximum Gasteiger partial charge on any atom is 0.225 e. The Balaban J connectivity index is 1.17. The molecule has 2 aromatic heterocycles. The van der Waals surface area contributed by atoms with Gasteiger partial charge in [-0.1, -0.05) is 132 Å². The van der Waals surface area contributed by atoms with Gasteiger partial charge in [0.2, 0.25) is 5.91 Å². The number of aromatic amines is 2. The van der Waals surface area contributed by atoms with E-state index in [2.05, 4.69) is 130 Å². The third-order valence-corrected chi connectivity index (χ3v) is 12.0. The molecule has 3 N–H and O–H groups in total. The molecule has 6 aromatic rings. The zero-order valence-corrected chi connectivity index (χ0v) is 36.8. The SMILES string of the molecule is CC(C)(C)C(=O)C[C@H](c1nc2ccc(-c3cc4ccc3CCc3ccc(c(-c5ccc6nc([C@@H](NC(=O)C(C)(C)C)C(C)(C)C)[nH]c6c5)c3)CC4)cc2[nH]1)C(C)(C)C. The van der Waals surface area contributed by atoms with Crippen LogP contribution in [-0.4, -0.2) is 31.6 Å². The number of carbonyl (C=O) groups is 2. The molecule has 58 heavy (non-hydrogen) atoms. The van der Waals surface area contributed by atoms with Gasteiger partial charge in [0.1, 0.15) is 17.4 Å². The van der Waals surface area contributed by atoms with Crippen molar-refractivity contribution in [2.75, 3.05) is 0 Å². The molecule has 7 nitrogen and oxygen atoms in total. The van der Waals surface area contributed by atoms with Crippen LogP contribution in [0.25, 0.3) is 44.3 Å². The van der Waals surface area contributed by atoms with Gasteiger partial charge in [-0.3, -0.25) is 9.59 Å². The van der Waals surface area contributed by atoms with Crippen molar-refractivity contribution in [3.05, 3.63) is 107 Å². The molecule has 4 aromatic carbocycles. The van der Waals surface area contributed by atoms with Gasteiger partial charge in [0.05, 0.1) is 28.1 Å². The quantitative estimate of drug-likeness (QED) is 0.150. The number of benzene rings is 4. The average Bonchev–Trinajstić information content (AvgIpc) is 3.75. The lowest BCUT2D eigenvalue weighted by molar-refractivity contribution is -0.130. The Morgan fingerprint density at radius 1 is 0.586 bits per heavy atom. The van der Waals surface area contributed by atoms with E-state index < -0.39 is 10.8 Å². The fourth-order valence-corrected chi connectivity index (χ4v) is 8.13. The highest BCUT2D eigenvalue weighted by Gasteiger charge is 2.35. The van der Waals surface area contributed by atoms with Gasteiger partial charge < -0.3 is 15.3 Å². The summed E-state index contributed by atoms with van der Waals surface area (Å²) >= 11 is 0. The number of hydrogen-bond donors (Lipinski definition) is 3. The van der Waals surface area contributed by atoms with Crippen molar-refractivity contribution < 1.29 is 9.59 Å². The predicted octanol–water partition coefficient (Wildman–Crippen LogP) is 12.0. The Kier molecular flexibility index (Phi) is 10.6. The second kappa shape index (κ2) is 15.0. The zero-order chi connectivity index (χ0) is 41.9. The summed E-state index contributed by atoms with van der Waals surface area (Å²) in [7, 11) is 0. The normalized spacial score (nSPS) is 15.0. The van der Waals surface area contributed by atoms with Crippen molar-refractivity contribution in [1.29, 1.82) is 0 Å². The van der Waals surface area contributed by atoms with E-state index in [1.54, 1.807) is 0 Å². The lowest BCUT2D eigenvalue weighted by Crippen LogP contribution is -2.42. The molecule has 7 heteroatoms. The Morgan fingerprint density at radius 3 is 1.52 bits per heavy atom. The summed E-state index contributed by atoms with van der Waals surface area (Å²) in [6, 6.07) is 26.9. The van der Waals surface area contributed by atoms with Gasteiger partial charge in [0, 0.05) is 23.2 Å². The number of nitrogens with one attached hydrogen (secondary N) is 3. The number of carbonyl (C=O) groups excluding carboxylic acids is 2. The zero-order valence-electron chi connectivity index (χ0n) is 36.8. The van der Waals surface area contributed by atoms with Crippen molar-refractivity contribution in [2.45, 2.75) is 127 Å². The number of Topliss-reactive ketones (excluding diaryl/α,β-unsaturated/α-hetero) is 1. The van der Waals surface area contributed by atoms with E-state index in [0.717, 1.165) is 59.4 Å². The van der Waals surface area contributed by atoms with Crippen LogP contribution < -0.4 is 5.32 Å². The van der Waals surface area contributed by atoms with E-state index in [9.17, 15) is 9.59 Å². The summed E-state index contributed by atoms with van der Waals surface area (Å²) in [4.78, 5) is 43.6. The van der Waals surface area contributed by atoms with Crippen LogP contribution in [0.5, 0.6) is 0 Å². The Morgan fingerprint density at radius 2 is 1.07 bits per heavy atom. The third kappa shape index (κ3) is 8.69. The molecule has 2 heterocycles. The minimum atomic E-state index is -0.501. The molecule has 0 radical (unpaired) electrons. The molecule has 0 unspecified atom stereocenters. The van der Waals surface area contributed by atoms with E-state index in [4.69, 9.17) is 9.97 Å². The Bertz CT molecular complexity index is 2330. The summed E-state index contributed by atoms with van der Waals surface area (Å²) in [6.07, 6.45) is 4.13. The first-order valence-corrected chi connectivity index (χ1v) is 21.1. The van der Waals surface area contributed by atoms with Crippen molar-refractivity contribution >= 4 is 33.8 Å². The topological polar surface area (TPSA) is 104 Å². The number of amides is 1. The van der Waals surface area contributed by atoms with Gasteiger partial charge in [-0.25, -0.2) is 9.97 Å².